The van der Waals surface area contributed by atoms with Crippen LogP contribution >= 0.6 is 0 Å². The molecule has 0 unspecified atom stereocenters. The molecule has 0 radical (unpaired) electrons. The standard InChI is InChI=1S/C25H24N4O4/c1-15-23-19(18-7-5-4-6-8-18)12-22(27-24(23)29(3)28-15)33-16(2)25(30)26-13-17-9-10-20-21(11-17)32-14-31-20/h4-12,16H,13-14H2,1-3H3,(H,26,30)/t16-/m1/s1. The van der Waals surface area contributed by atoms with Crippen molar-refractivity contribution >= 4 is 16.9 Å². The summed E-state index contributed by atoms with van der Waals surface area (Å²) in [6, 6.07) is 17.5. The number of nitrogens with zero attached hydrogens (tertiary/aromatic N) is 3. The second-order valence-corrected chi connectivity index (χ2v) is 7.95. The highest BCUT2D eigenvalue weighted by molar-refractivity contribution is 5.95. The van der Waals surface area contributed by atoms with Crippen LogP contribution in [0, 0.1) is 6.92 Å². The van der Waals surface area contributed by atoms with E-state index in [1.165, 1.54) is 0 Å². The van der Waals surface area contributed by atoms with Crippen molar-refractivity contribution in [1.29, 1.82) is 0 Å². The number of fused-ring (bicyclic) bond motifs is 2. The van der Waals surface area contributed by atoms with Gasteiger partial charge in [-0.3, -0.25) is 9.48 Å². The van der Waals surface area contributed by atoms with E-state index in [-0.39, 0.29) is 12.7 Å². The minimum atomic E-state index is -0.734. The van der Waals surface area contributed by atoms with Gasteiger partial charge in [-0.25, -0.2) is 0 Å². The second kappa shape index (κ2) is 8.46. The summed E-state index contributed by atoms with van der Waals surface area (Å²) < 4.78 is 18.4. The largest absolute Gasteiger partial charge is 0.464 e. The number of amides is 1. The number of hydrogen-bond acceptors (Lipinski definition) is 6. The lowest BCUT2D eigenvalue weighted by atomic mass is 10.0. The highest BCUT2D eigenvalue weighted by Crippen LogP contribution is 2.34. The molecule has 0 bridgehead atoms. The topological polar surface area (TPSA) is 87.5 Å². The van der Waals surface area contributed by atoms with Gasteiger partial charge in [-0.2, -0.15) is 10.1 Å². The van der Waals surface area contributed by atoms with Crippen molar-refractivity contribution in [2.75, 3.05) is 6.79 Å². The van der Waals surface area contributed by atoms with E-state index in [2.05, 4.69) is 15.4 Å². The maximum absolute atomic E-state index is 12.7. The lowest BCUT2D eigenvalue weighted by Gasteiger charge is -2.15. The van der Waals surface area contributed by atoms with Gasteiger partial charge in [-0.1, -0.05) is 36.4 Å². The molecule has 0 saturated heterocycles. The molecule has 4 aromatic rings. The summed E-state index contributed by atoms with van der Waals surface area (Å²) in [4.78, 5) is 17.3. The van der Waals surface area contributed by atoms with E-state index in [0.717, 1.165) is 27.8 Å². The fourth-order valence-electron chi connectivity index (χ4n) is 3.95. The summed E-state index contributed by atoms with van der Waals surface area (Å²) in [6.07, 6.45) is -0.734. The van der Waals surface area contributed by atoms with Crippen LogP contribution in [0.1, 0.15) is 18.2 Å². The molecular weight excluding hydrogens is 420 g/mol. The highest BCUT2D eigenvalue weighted by atomic mass is 16.7. The minimum absolute atomic E-state index is 0.217. The first kappa shape index (κ1) is 20.8. The van der Waals surface area contributed by atoms with E-state index in [0.29, 0.717) is 29.6 Å². The van der Waals surface area contributed by atoms with Crippen LogP contribution < -0.4 is 19.5 Å². The molecular formula is C25H24N4O4. The van der Waals surface area contributed by atoms with E-state index in [1.54, 1.807) is 11.6 Å². The Morgan fingerprint density at radius 3 is 2.76 bits per heavy atom. The van der Waals surface area contributed by atoms with Crippen molar-refractivity contribution in [1.82, 2.24) is 20.1 Å². The van der Waals surface area contributed by atoms with Crippen molar-refractivity contribution in [3.63, 3.8) is 0 Å². The number of benzene rings is 2. The Kier molecular flexibility index (Phi) is 5.34. The molecule has 1 aliphatic rings. The second-order valence-electron chi connectivity index (χ2n) is 7.95. The summed E-state index contributed by atoms with van der Waals surface area (Å²) in [7, 11) is 1.85. The van der Waals surface area contributed by atoms with Gasteiger partial charge in [0.25, 0.3) is 5.91 Å². The monoisotopic (exact) mass is 444 g/mol. The van der Waals surface area contributed by atoms with E-state index < -0.39 is 6.10 Å². The van der Waals surface area contributed by atoms with E-state index >= 15 is 0 Å². The SMILES string of the molecule is Cc1nn(C)c2nc(O[C@H](C)C(=O)NCc3ccc4c(c3)OCO4)cc(-c3ccccc3)c12. The molecule has 2 aromatic heterocycles. The van der Waals surface area contributed by atoms with Gasteiger partial charge in [0.1, 0.15) is 0 Å². The van der Waals surface area contributed by atoms with E-state index in [4.69, 9.17) is 14.2 Å². The molecule has 0 aliphatic carbocycles. The smallest absolute Gasteiger partial charge is 0.261 e. The number of aryl methyl sites for hydroxylation is 2. The third-order valence-corrected chi connectivity index (χ3v) is 5.60. The number of aromatic nitrogens is 3. The van der Waals surface area contributed by atoms with Gasteiger partial charge in [-0.05, 0) is 42.7 Å². The van der Waals surface area contributed by atoms with Gasteiger partial charge in [0.2, 0.25) is 12.7 Å². The molecule has 8 heteroatoms. The Bertz CT molecular complexity index is 1330. The number of carbonyl (C=O) groups excluding carboxylic acids is 1. The van der Waals surface area contributed by atoms with E-state index in [1.807, 2.05) is 68.6 Å². The summed E-state index contributed by atoms with van der Waals surface area (Å²) in [5.74, 6) is 1.53. The zero-order valence-electron chi connectivity index (χ0n) is 18.7. The Balaban J connectivity index is 1.35. The lowest BCUT2D eigenvalue weighted by Crippen LogP contribution is -2.36. The zero-order valence-corrected chi connectivity index (χ0v) is 18.7. The first-order valence-corrected chi connectivity index (χ1v) is 10.7. The highest BCUT2D eigenvalue weighted by Gasteiger charge is 2.20. The van der Waals surface area contributed by atoms with Crippen LogP contribution in [-0.4, -0.2) is 33.6 Å². The number of pyridine rings is 1. The fourth-order valence-corrected chi connectivity index (χ4v) is 3.95. The normalized spacial score (nSPS) is 13.2. The number of ether oxygens (including phenoxy) is 3. The van der Waals surface area contributed by atoms with Gasteiger partial charge in [-0.15, -0.1) is 0 Å². The first-order chi connectivity index (χ1) is 16.0. The quantitative estimate of drug-likeness (QED) is 0.487. The molecule has 1 atom stereocenters. The number of hydrogen-bond donors (Lipinski definition) is 1. The molecule has 0 saturated carbocycles. The third kappa shape index (κ3) is 4.07. The maximum Gasteiger partial charge on any atom is 0.261 e. The molecule has 1 amide bonds. The van der Waals surface area contributed by atoms with Crippen LogP contribution in [0.25, 0.3) is 22.2 Å². The molecule has 2 aromatic carbocycles. The molecule has 33 heavy (non-hydrogen) atoms. The van der Waals surface area contributed by atoms with Crippen LogP contribution in [0.15, 0.2) is 54.6 Å². The Hall–Kier alpha value is -4.07. The molecule has 0 fully saturated rings. The van der Waals surface area contributed by atoms with Crippen LogP contribution in [0.5, 0.6) is 17.4 Å². The molecule has 168 valence electrons. The molecule has 8 nitrogen and oxygen atoms in total. The summed E-state index contributed by atoms with van der Waals surface area (Å²) in [5, 5.41) is 8.39. The first-order valence-electron chi connectivity index (χ1n) is 10.7. The third-order valence-electron chi connectivity index (χ3n) is 5.60. The van der Waals surface area contributed by atoms with E-state index in [9.17, 15) is 4.79 Å². The molecule has 1 aliphatic heterocycles. The Labute approximate surface area is 191 Å². The average molecular weight is 444 g/mol. The summed E-state index contributed by atoms with van der Waals surface area (Å²) >= 11 is 0. The summed E-state index contributed by atoms with van der Waals surface area (Å²) in [6.45, 7) is 4.24. The van der Waals surface area contributed by atoms with Crippen molar-refractivity contribution in [2.24, 2.45) is 7.05 Å². The van der Waals surface area contributed by atoms with Crippen molar-refractivity contribution in [3.05, 3.63) is 65.9 Å². The van der Waals surface area contributed by atoms with Gasteiger partial charge < -0.3 is 19.5 Å². The lowest BCUT2D eigenvalue weighted by molar-refractivity contribution is -0.127. The van der Waals surface area contributed by atoms with Crippen molar-refractivity contribution in [3.8, 4) is 28.5 Å². The number of nitrogens with one attached hydrogen (secondary N) is 1. The van der Waals surface area contributed by atoms with Gasteiger partial charge >= 0.3 is 0 Å². The van der Waals surface area contributed by atoms with Crippen molar-refractivity contribution in [2.45, 2.75) is 26.5 Å². The maximum atomic E-state index is 12.7. The molecule has 3 heterocycles. The number of carbonyl (C=O) groups is 1. The van der Waals surface area contributed by atoms with Gasteiger partial charge in [0.15, 0.2) is 23.3 Å². The fraction of sp³-hybridized carbons (Fsp3) is 0.240. The van der Waals surface area contributed by atoms with Crippen LogP contribution in [0.2, 0.25) is 0 Å². The predicted molar refractivity (Wildman–Crippen MR) is 123 cm³/mol. The zero-order chi connectivity index (χ0) is 22.9. The molecule has 5 rings (SSSR count). The summed E-state index contributed by atoms with van der Waals surface area (Å²) in [5.41, 5.74) is 4.51. The minimum Gasteiger partial charge on any atom is -0.464 e. The Morgan fingerprint density at radius 1 is 1.15 bits per heavy atom. The molecule has 1 N–H and O–H groups in total. The van der Waals surface area contributed by atoms with Crippen LogP contribution in [0.4, 0.5) is 0 Å². The number of rotatable bonds is 6. The Morgan fingerprint density at radius 2 is 1.94 bits per heavy atom. The average Bonchev–Trinajstić information content (AvgIpc) is 3.41. The van der Waals surface area contributed by atoms with Crippen LogP contribution in [0.3, 0.4) is 0 Å². The van der Waals surface area contributed by atoms with Crippen molar-refractivity contribution < 1.29 is 19.0 Å². The predicted octanol–water partition coefficient (Wildman–Crippen LogP) is 3.76. The van der Waals surface area contributed by atoms with Crippen LogP contribution in [-0.2, 0) is 18.4 Å². The molecule has 0 spiro atoms. The van der Waals surface area contributed by atoms with Gasteiger partial charge in [0, 0.05) is 19.7 Å². The van der Waals surface area contributed by atoms with Gasteiger partial charge in [0.05, 0.1) is 11.1 Å².